The zero-order valence-corrected chi connectivity index (χ0v) is 11.0. The second-order valence-corrected chi connectivity index (χ2v) is 5.71. The molecular weight excluding hydrogens is 270 g/mol. The number of nitrogens with one attached hydrogen (secondary N) is 1. The quantitative estimate of drug-likeness (QED) is 0.640. The van der Waals surface area contributed by atoms with E-state index in [9.17, 15) is 9.59 Å². The average molecular weight is 288 g/mol. The van der Waals surface area contributed by atoms with E-state index in [1.807, 2.05) is 0 Å². The number of halogens is 1. The van der Waals surface area contributed by atoms with Gasteiger partial charge < -0.3 is 0 Å². The molecular formula is C12H18BrNO2. The Morgan fingerprint density at radius 3 is 2.56 bits per heavy atom. The molecule has 1 aliphatic heterocycles. The van der Waals surface area contributed by atoms with Crippen LogP contribution in [0.5, 0.6) is 0 Å². The van der Waals surface area contributed by atoms with E-state index in [4.69, 9.17) is 0 Å². The Morgan fingerprint density at radius 2 is 1.94 bits per heavy atom. The fourth-order valence-electron chi connectivity index (χ4n) is 3.18. The van der Waals surface area contributed by atoms with Crippen molar-refractivity contribution in [1.29, 1.82) is 0 Å². The summed E-state index contributed by atoms with van der Waals surface area (Å²) in [4.78, 5) is 23.8. The van der Waals surface area contributed by atoms with E-state index < -0.39 is 0 Å². The van der Waals surface area contributed by atoms with Gasteiger partial charge >= 0.3 is 0 Å². The average Bonchev–Trinajstić information content (AvgIpc) is 2.50. The number of hydrogen-bond acceptors (Lipinski definition) is 2. The summed E-state index contributed by atoms with van der Waals surface area (Å²) in [6.45, 7) is 0. The molecule has 0 aromatic rings. The Morgan fingerprint density at radius 1 is 1.25 bits per heavy atom. The van der Waals surface area contributed by atoms with Gasteiger partial charge in [-0.15, -0.1) is 0 Å². The normalized spacial score (nSPS) is 28.4. The summed E-state index contributed by atoms with van der Waals surface area (Å²) in [5.74, 6) is -0.109. The van der Waals surface area contributed by atoms with Crippen molar-refractivity contribution in [3.8, 4) is 0 Å². The van der Waals surface area contributed by atoms with Crippen LogP contribution in [-0.2, 0) is 9.59 Å². The van der Waals surface area contributed by atoms with E-state index in [1.165, 1.54) is 6.42 Å². The number of alkyl halides is 1. The molecule has 0 aromatic carbocycles. The van der Waals surface area contributed by atoms with Crippen molar-refractivity contribution in [3.63, 3.8) is 0 Å². The molecule has 1 unspecified atom stereocenters. The summed E-state index contributed by atoms with van der Waals surface area (Å²) in [7, 11) is 0. The van der Waals surface area contributed by atoms with Gasteiger partial charge in [-0.2, -0.15) is 0 Å². The molecule has 0 bridgehead atoms. The Balaban J connectivity index is 2.17. The first-order chi connectivity index (χ1) is 7.70. The lowest BCUT2D eigenvalue weighted by atomic mass is 9.66. The number of carbonyl (C=O) groups excluding carboxylic acids is 2. The third-order valence-electron chi connectivity index (χ3n) is 4.04. The smallest absolute Gasteiger partial charge is 0.233 e. The van der Waals surface area contributed by atoms with Crippen LogP contribution in [0.3, 0.4) is 0 Å². The van der Waals surface area contributed by atoms with Gasteiger partial charge in [-0.25, -0.2) is 0 Å². The highest BCUT2D eigenvalue weighted by atomic mass is 79.9. The molecule has 1 spiro atoms. The highest BCUT2D eigenvalue weighted by Gasteiger charge is 2.54. The van der Waals surface area contributed by atoms with E-state index in [0.29, 0.717) is 0 Å². The molecule has 1 atom stereocenters. The highest BCUT2D eigenvalue weighted by molar-refractivity contribution is 9.09. The predicted octanol–water partition coefficient (Wildman–Crippen LogP) is 2.38. The van der Waals surface area contributed by atoms with Gasteiger partial charge in [0.1, 0.15) is 0 Å². The molecule has 2 fully saturated rings. The number of amides is 2. The van der Waals surface area contributed by atoms with Gasteiger partial charge in [0.2, 0.25) is 11.8 Å². The van der Waals surface area contributed by atoms with Crippen molar-refractivity contribution in [2.45, 2.75) is 44.9 Å². The lowest BCUT2D eigenvalue weighted by Crippen LogP contribution is -2.37. The van der Waals surface area contributed by atoms with Crippen molar-refractivity contribution in [2.75, 3.05) is 5.33 Å². The Kier molecular flexibility index (Phi) is 3.67. The maximum absolute atomic E-state index is 12.0. The number of hydrogen-bond donors (Lipinski definition) is 1. The third kappa shape index (κ3) is 1.92. The summed E-state index contributed by atoms with van der Waals surface area (Å²) in [5, 5.41) is 3.45. The zero-order valence-electron chi connectivity index (χ0n) is 9.43. The van der Waals surface area contributed by atoms with Gasteiger partial charge in [-0.05, 0) is 25.7 Å². The van der Waals surface area contributed by atoms with Crippen LogP contribution in [0, 0.1) is 11.3 Å². The van der Waals surface area contributed by atoms with Gasteiger partial charge in [-0.1, -0.05) is 35.2 Å². The Bertz CT molecular complexity index is 297. The third-order valence-corrected chi connectivity index (χ3v) is 4.61. The molecule has 1 N–H and O–H groups in total. The number of imide groups is 1. The van der Waals surface area contributed by atoms with Gasteiger partial charge in [-0.3, -0.25) is 14.9 Å². The minimum atomic E-state index is -0.350. The first-order valence-corrected chi connectivity index (χ1v) is 7.24. The molecule has 4 heteroatoms. The van der Waals surface area contributed by atoms with E-state index in [-0.39, 0.29) is 23.1 Å². The van der Waals surface area contributed by atoms with Crippen LogP contribution >= 0.6 is 15.9 Å². The Labute approximate surface area is 104 Å². The lowest BCUT2D eigenvalue weighted by Gasteiger charge is -2.34. The molecule has 1 heterocycles. The molecule has 0 aromatic heterocycles. The topological polar surface area (TPSA) is 46.2 Å². The van der Waals surface area contributed by atoms with Crippen molar-refractivity contribution >= 4 is 27.7 Å². The van der Waals surface area contributed by atoms with Crippen LogP contribution < -0.4 is 5.32 Å². The largest absolute Gasteiger partial charge is 0.296 e. The van der Waals surface area contributed by atoms with Gasteiger partial charge in [0.25, 0.3) is 0 Å². The van der Waals surface area contributed by atoms with Crippen LogP contribution in [0.15, 0.2) is 0 Å². The van der Waals surface area contributed by atoms with Gasteiger partial charge in [0.15, 0.2) is 0 Å². The van der Waals surface area contributed by atoms with Gasteiger partial charge in [0.05, 0.1) is 11.3 Å². The second kappa shape index (κ2) is 4.86. The fourth-order valence-corrected chi connectivity index (χ4v) is 3.50. The van der Waals surface area contributed by atoms with Crippen molar-refractivity contribution < 1.29 is 9.59 Å². The lowest BCUT2D eigenvalue weighted by molar-refractivity contribution is -0.131. The molecule has 1 aliphatic carbocycles. The molecule has 0 radical (unpaired) electrons. The first-order valence-electron chi connectivity index (χ1n) is 6.12. The summed E-state index contributed by atoms with van der Waals surface area (Å²) in [5.41, 5.74) is -0.350. The first kappa shape index (κ1) is 12.1. The fraction of sp³-hybridized carbons (Fsp3) is 0.833. The van der Waals surface area contributed by atoms with E-state index >= 15 is 0 Å². The number of rotatable bonds is 3. The van der Waals surface area contributed by atoms with E-state index in [1.54, 1.807) is 0 Å². The maximum Gasteiger partial charge on any atom is 0.233 e. The minimum Gasteiger partial charge on any atom is -0.296 e. The molecule has 3 nitrogen and oxygen atoms in total. The summed E-state index contributed by atoms with van der Waals surface area (Å²) < 4.78 is 0. The van der Waals surface area contributed by atoms with Crippen molar-refractivity contribution in [1.82, 2.24) is 5.32 Å². The molecule has 90 valence electrons. The molecule has 16 heavy (non-hydrogen) atoms. The van der Waals surface area contributed by atoms with Crippen LogP contribution in [0.25, 0.3) is 0 Å². The monoisotopic (exact) mass is 287 g/mol. The molecule has 2 amide bonds. The molecule has 2 aliphatic rings. The van der Waals surface area contributed by atoms with Gasteiger partial charge in [0, 0.05) is 5.33 Å². The maximum atomic E-state index is 12.0. The van der Waals surface area contributed by atoms with Crippen molar-refractivity contribution in [3.05, 3.63) is 0 Å². The zero-order chi connectivity index (χ0) is 11.6. The standard InChI is InChI=1S/C12H18BrNO2/c13-8-4-5-9-10(15)14-11(16)12(9)6-2-1-3-7-12/h9H,1-8H2,(H,14,15,16). The predicted molar refractivity (Wildman–Crippen MR) is 65.2 cm³/mol. The Hall–Kier alpha value is -0.380. The van der Waals surface area contributed by atoms with Crippen LogP contribution in [-0.4, -0.2) is 17.1 Å². The van der Waals surface area contributed by atoms with Crippen LogP contribution in [0.2, 0.25) is 0 Å². The summed E-state index contributed by atoms with van der Waals surface area (Å²) in [6, 6.07) is 0. The summed E-state index contributed by atoms with van der Waals surface area (Å²) in [6.07, 6.45) is 6.98. The molecule has 1 saturated carbocycles. The summed E-state index contributed by atoms with van der Waals surface area (Å²) >= 11 is 3.39. The second-order valence-electron chi connectivity index (χ2n) is 4.92. The molecule has 1 saturated heterocycles. The SMILES string of the molecule is O=C1NC(=O)C2(CCCCC2)C1CCCBr. The van der Waals surface area contributed by atoms with E-state index in [2.05, 4.69) is 21.2 Å². The number of carbonyl (C=O) groups is 2. The molecule has 2 rings (SSSR count). The van der Waals surface area contributed by atoms with Crippen LogP contribution in [0.4, 0.5) is 0 Å². The van der Waals surface area contributed by atoms with Crippen molar-refractivity contribution in [2.24, 2.45) is 11.3 Å². The minimum absolute atomic E-state index is 0.00299. The highest BCUT2D eigenvalue weighted by Crippen LogP contribution is 2.47. The van der Waals surface area contributed by atoms with E-state index in [0.717, 1.165) is 43.9 Å². The van der Waals surface area contributed by atoms with Crippen LogP contribution in [0.1, 0.15) is 44.9 Å².